The summed E-state index contributed by atoms with van der Waals surface area (Å²) in [6.07, 6.45) is 3.34. The maximum absolute atomic E-state index is 12.9. The summed E-state index contributed by atoms with van der Waals surface area (Å²) < 4.78 is 2.05. The van der Waals surface area contributed by atoms with Gasteiger partial charge in [0.2, 0.25) is 0 Å². The fourth-order valence-electron chi connectivity index (χ4n) is 3.66. The smallest absolute Gasteiger partial charge is 0.274 e. The summed E-state index contributed by atoms with van der Waals surface area (Å²) in [5.41, 5.74) is 1.69. The van der Waals surface area contributed by atoms with Crippen LogP contribution in [-0.4, -0.2) is 69.4 Å². The summed E-state index contributed by atoms with van der Waals surface area (Å²) in [5.74, 6) is 0.613. The second kappa shape index (κ2) is 7.08. The lowest BCUT2D eigenvalue weighted by Crippen LogP contribution is -2.52. The number of carbonyl (C=O) groups excluding carboxylic acids is 1. The molecule has 140 valence electrons. The molecule has 1 aromatic heterocycles. The van der Waals surface area contributed by atoms with Crippen LogP contribution in [0.5, 0.6) is 0 Å². The molecule has 1 aliphatic heterocycles. The second-order valence-electron chi connectivity index (χ2n) is 8.38. The van der Waals surface area contributed by atoms with E-state index in [0.717, 1.165) is 19.5 Å². The molecular formula is C19H32N4O2. The Morgan fingerprint density at radius 1 is 1.28 bits per heavy atom. The first kappa shape index (κ1) is 18.4. The highest BCUT2D eigenvalue weighted by Gasteiger charge is 2.34. The van der Waals surface area contributed by atoms with Crippen LogP contribution in [0.25, 0.3) is 0 Å². The first-order valence-electron chi connectivity index (χ1n) is 9.59. The van der Waals surface area contributed by atoms with Crippen molar-refractivity contribution >= 4 is 5.91 Å². The van der Waals surface area contributed by atoms with Gasteiger partial charge in [-0.3, -0.25) is 14.4 Å². The molecule has 2 heterocycles. The Morgan fingerprint density at radius 3 is 2.40 bits per heavy atom. The van der Waals surface area contributed by atoms with Crippen molar-refractivity contribution < 1.29 is 9.90 Å². The van der Waals surface area contributed by atoms with E-state index >= 15 is 0 Å². The number of aliphatic hydroxyl groups excluding tert-OH is 1. The first-order chi connectivity index (χ1) is 11.8. The predicted octanol–water partition coefficient (Wildman–Crippen LogP) is 2.04. The molecule has 1 N–H and O–H groups in total. The molecule has 1 saturated heterocycles. The van der Waals surface area contributed by atoms with E-state index in [2.05, 4.69) is 37.7 Å². The number of hydrogen-bond donors (Lipinski definition) is 1. The van der Waals surface area contributed by atoms with Crippen LogP contribution >= 0.6 is 0 Å². The molecule has 0 spiro atoms. The van der Waals surface area contributed by atoms with E-state index in [1.54, 1.807) is 0 Å². The van der Waals surface area contributed by atoms with Gasteiger partial charge in [-0.05, 0) is 46.1 Å². The summed E-state index contributed by atoms with van der Waals surface area (Å²) in [7, 11) is 0. The van der Waals surface area contributed by atoms with E-state index in [9.17, 15) is 9.90 Å². The van der Waals surface area contributed by atoms with Gasteiger partial charge in [0.1, 0.15) is 0 Å². The maximum Gasteiger partial charge on any atom is 0.274 e. The molecule has 25 heavy (non-hydrogen) atoms. The van der Waals surface area contributed by atoms with E-state index in [-0.39, 0.29) is 24.1 Å². The predicted molar refractivity (Wildman–Crippen MR) is 97.8 cm³/mol. The molecule has 1 atom stereocenters. The van der Waals surface area contributed by atoms with Crippen LogP contribution in [0, 0.1) is 0 Å². The van der Waals surface area contributed by atoms with Gasteiger partial charge in [-0.25, -0.2) is 0 Å². The first-order valence-corrected chi connectivity index (χ1v) is 9.59. The third-order valence-corrected chi connectivity index (χ3v) is 5.39. The maximum atomic E-state index is 12.9. The Morgan fingerprint density at radius 2 is 1.92 bits per heavy atom. The van der Waals surface area contributed by atoms with Crippen molar-refractivity contribution in [3.05, 3.63) is 17.5 Å². The van der Waals surface area contributed by atoms with Gasteiger partial charge >= 0.3 is 0 Å². The highest BCUT2D eigenvalue weighted by atomic mass is 16.3. The molecule has 6 heteroatoms. The van der Waals surface area contributed by atoms with Crippen molar-refractivity contribution in [2.75, 3.05) is 32.8 Å². The summed E-state index contributed by atoms with van der Waals surface area (Å²) in [5, 5.41) is 14.1. The molecule has 0 aromatic carbocycles. The Bertz CT molecular complexity index is 603. The molecule has 0 bridgehead atoms. The van der Waals surface area contributed by atoms with Crippen molar-refractivity contribution in [1.29, 1.82) is 0 Å². The largest absolute Gasteiger partial charge is 0.395 e. The minimum absolute atomic E-state index is 0.0431. The number of rotatable bonds is 5. The van der Waals surface area contributed by atoms with Crippen molar-refractivity contribution in [3.63, 3.8) is 0 Å². The Labute approximate surface area is 150 Å². The molecule has 6 nitrogen and oxygen atoms in total. The van der Waals surface area contributed by atoms with Crippen LogP contribution in [0.1, 0.15) is 69.1 Å². The number of aliphatic hydroxyl groups is 1. The average Bonchev–Trinajstić information content (AvgIpc) is 3.33. The molecule has 1 unspecified atom stereocenters. The third kappa shape index (κ3) is 3.90. The van der Waals surface area contributed by atoms with Crippen molar-refractivity contribution in [1.82, 2.24) is 19.6 Å². The summed E-state index contributed by atoms with van der Waals surface area (Å²) >= 11 is 0. The van der Waals surface area contributed by atoms with Crippen LogP contribution in [0.4, 0.5) is 0 Å². The van der Waals surface area contributed by atoms with Gasteiger partial charge in [0.05, 0.1) is 12.1 Å². The van der Waals surface area contributed by atoms with Crippen LogP contribution in [-0.2, 0) is 5.54 Å². The van der Waals surface area contributed by atoms with Gasteiger partial charge in [0, 0.05) is 43.8 Å². The number of nitrogens with zero attached hydrogens (tertiary/aromatic N) is 4. The molecule has 1 aromatic rings. The standard InChI is InChI=1S/C19H32N4O2/c1-5-15(13-24)21-8-10-22(11-9-21)18(25)16-12-17(14-6-7-14)23(20-16)19(2,3)4/h12,14-15,24H,5-11,13H2,1-4H3. The quantitative estimate of drug-likeness (QED) is 0.885. The topological polar surface area (TPSA) is 61.6 Å². The van der Waals surface area contributed by atoms with Gasteiger partial charge in [-0.2, -0.15) is 5.10 Å². The SMILES string of the molecule is CCC(CO)N1CCN(C(=O)c2cc(C3CC3)n(C(C)(C)C)n2)CC1. The average molecular weight is 348 g/mol. The van der Waals surface area contributed by atoms with Crippen molar-refractivity contribution in [2.45, 2.75) is 64.5 Å². The van der Waals surface area contributed by atoms with Crippen LogP contribution in [0.3, 0.4) is 0 Å². The van der Waals surface area contributed by atoms with Crippen molar-refractivity contribution in [2.24, 2.45) is 0 Å². The molecule has 3 rings (SSSR count). The van der Waals surface area contributed by atoms with Crippen LogP contribution < -0.4 is 0 Å². The zero-order valence-electron chi connectivity index (χ0n) is 16.0. The lowest BCUT2D eigenvalue weighted by Gasteiger charge is -2.38. The summed E-state index contributed by atoms with van der Waals surface area (Å²) in [6, 6.07) is 2.22. The van der Waals surface area contributed by atoms with Gasteiger partial charge in [0.25, 0.3) is 5.91 Å². The molecular weight excluding hydrogens is 316 g/mol. The Hall–Kier alpha value is -1.40. The molecule has 2 aliphatic rings. The summed E-state index contributed by atoms with van der Waals surface area (Å²) in [4.78, 5) is 17.1. The van der Waals surface area contributed by atoms with Gasteiger partial charge < -0.3 is 10.0 Å². The lowest BCUT2D eigenvalue weighted by atomic mass is 10.1. The highest BCUT2D eigenvalue weighted by Crippen LogP contribution is 2.41. The molecule has 1 amide bonds. The number of carbonyl (C=O) groups is 1. The third-order valence-electron chi connectivity index (χ3n) is 5.39. The molecule has 2 fully saturated rings. The minimum Gasteiger partial charge on any atom is -0.395 e. The van der Waals surface area contributed by atoms with E-state index in [4.69, 9.17) is 0 Å². The summed E-state index contributed by atoms with van der Waals surface area (Å²) in [6.45, 7) is 11.7. The van der Waals surface area contributed by atoms with E-state index in [1.165, 1.54) is 18.5 Å². The normalized spacial score (nSPS) is 20.8. The minimum atomic E-state index is -0.107. The second-order valence-corrected chi connectivity index (χ2v) is 8.38. The van der Waals surface area contributed by atoms with Crippen molar-refractivity contribution in [3.8, 4) is 0 Å². The lowest BCUT2D eigenvalue weighted by molar-refractivity contribution is 0.0467. The van der Waals surface area contributed by atoms with E-state index in [1.807, 2.05) is 15.6 Å². The van der Waals surface area contributed by atoms with Gasteiger partial charge in [-0.15, -0.1) is 0 Å². The number of amides is 1. The zero-order chi connectivity index (χ0) is 18.2. The zero-order valence-corrected chi connectivity index (χ0v) is 16.0. The van der Waals surface area contributed by atoms with Gasteiger partial charge in [0.15, 0.2) is 5.69 Å². The highest BCUT2D eigenvalue weighted by molar-refractivity contribution is 5.92. The van der Waals surface area contributed by atoms with Crippen LogP contribution in [0.2, 0.25) is 0 Å². The molecule has 0 radical (unpaired) electrons. The molecule has 1 aliphatic carbocycles. The van der Waals surface area contributed by atoms with Crippen LogP contribution in [0.15, 0.2) is 6.07 Å². The number of hydrogen-bond acceptors (Lipinski definition) is 4. The molecule has 1 saturated carbocycles. The fraction of sp³-hybridized carbons (Fsp3) is 0.789. The van der Waals surface area contributed by atoms with E-state index < -0.39 is 0 Å². The number of aromatic nitrogens is 2. The van der Waals surface area contributed by atoms with E-state index in [0.29, 0.717) is 24.7 Å². The fourth-order valence-corrected chi connectivity index (χ4v) is 3.66. The Balaban J connectivity index is 1.70. The number of piperazine rings is 1. The van der Waals surface area contributed by atoms with Gasteiger partial charge in [-0.1, -0.05) is 6.92 Å². The monoisotopic (exact) mass is 348 g/mol. The Kier molecular flexibility index (Phi) is 5.21.